The van der Waals surface area contributed by atoms with Gasteiger partial charge in [-0.15, -0.1) is 0 Å². The van der Waals surface area contributed by atoms with E-state index in [2.05, 4.69) is 15.1 Å². The highest BCUT2D eigenvalue weighted by molar-refractivity contribution is 7.92. The lowest BCUT2D eigenvalue weighted by molar-refractivity contribution is 0.0947. The van der Waals surface area contributed by atoms with Crippen LogP contribution in [0, 0.1) is 0 Å². The van der Waals surface area contributed by atoms with Gasteiger partial charge in [0.25, 0.3) is 15.9 Å². The van der Waals surface area contributed by atoms with Gasteiger partial charge in [-0.05, 0) is 54.4 Å². The van der Waals surface area contributed by atoms with Crippen molar-refractivity contribution in [3.8, 4) is 5.75 Å². The molecule has 12 heteroatoms. The van der Waals surface area contributed by atoms with Gasteiger partial charge in [0.05, 0.1) is 27.4 Å². The molecule has 1 amide bonds. The average Bonchev–Trinajstić information content (AvgIpc) is 3.63. The first-order valence-corrected chi connectivity index (χ1v) is 16.1. The molecule has 0 spiro atoms. The number of sulfonamides is 1. The predicted molar refractivity (Wildman–Crippen MR) is 163 cm³/mol. The van der Waals surface area contributed by atoms with Crippen molar-refractivity contribution in [2.45, 2.75) is 11.3 Å². The van der Waals surface area contributed by atoms with Gasteiger partial charge in [-0.3, -0.25) is 14.0 Å². The molecule has 0 aliphatic carbocycles. The highest BCUT2D eigenvalue weighted by Gasteiger charge is 2.30. The fourth-order valence-corrected chi connectivity index (χ4v) is 8.07. The third-order valence-electron chi connectivity index (χ3n) is 7.56. The molecular weight excluding hydrogens is 582 g/mol. The van der Waals surface area contributed by atoms with Crippen LogP contribution in [0.15, 0.2) is 65.6 Å². The molecule has 0 bridgehead atoms. The smallest absolute Gasteiger partial charge is 0.264 e. The molecule has 9 nitrogen and oxygen atoms in total. The maximum absolute atomic E-state index is 13.2. The van der Waals surface area contributed by atoms with E-state index in [1.165, 1.54) is 16.4 Å². The van der Waals surface area contributed by atoms with Gasteiger partial charge >= 0.3 is 0 Å². The summed E-state index contributed by atoms with van der Waals surface area (Å²) in [6.07, 6.45) is 0.692. The minimum absolute atomic E-state index is 0.179. The second-order valence-electron chi connectivity index (χ2n) is 9.99. The van der Waals surface area contributed by atoms with Crippen molar-refractivity contribution < 1.29 is 17.9 Å². The molecule has 6 rings (SSSR count). The van der Waals surface area contributed by atoms with E-state index >= 15 is 0 Å². The minimum Gasteiger partial charge on any atom is -0.493 e. The number of carbonyl (C=O) groups is 1. The van der Waals surface area contributed by atoms with E-state index in [-0.39, 0.29) is 10.8 Å². The summed E-state index contributed by atoms with van der Waals surface area (Å²) in [4.78, 5) is 22.3. The van der Waals surface area contributed by atoms with Crippen molar-refractivity contribution in [3.63, 3.8) is 0 Å². The second-order valence-corrected chi connectivity index (χ2v) is 13.3. The van der Waals surface area contributed by atoms with E-state index in [1.54, 1.807) is 30.6 Å². The van der Waals surface area contributed by atoms with E-state index in [9.17, 15) is 13.2 Å². The van der Waals surface area contributed by atoms with Crippen LogP contribution in [0.2, 0.25) is 5.02 Å². The first-order chi connectivity index (χ1) is 19.8. The molecule has 41 heavy (non-hydrogen) atoms. The van der Waals surface area contributed by atoms with E-state index in [0.29, 0.717) is 35.8 Å². The molecule has 1 aromatic heterocycles. The molecule has 0 atom stereocenters. The summed E-state index contributed by atoms with van der Waals surface area (Å²) in [6, 6.07) is 17.5. The van der Waals surface area contributed by atoms with Crippen LogP contribution in [-0.4, -0.2) is 77.1 Å². The maximum Gasteiger partial charge on any atom is 0.264 e. The average molecular weight is 612 g/mol. The highest BCUT2D eigenvalue weighted by Crippen LogP contribution is 2.38. The Labute approximate surface area is 248 Å². The SMILES string of the molecule is COc1c(Cl)ccc2sc(N3CCN(CCNC(=O)c4ccc(S(=O)(=O)N5CCc6ccccc65)cc4)CC3)nc12. The molecule has 3 heterocycles. The molecule has 1 saturated heterocycles. The Morgan fingerprint density at radius 3 is 2.54 bits per heavy atom. The molecule has 2 aliphatic rings. The number of methoxy groups -OCH3 is 1. The van der Waals surface area contributed by atoms with Gasteiger partial charge in [0, 0.05) is 51.4 Å². The fraction of sp³-hybridized carbons (Fsp3) is 0.310. The van der Waals surface area contributed by atoms with E-state index in [4.69, 9.17) is 21.3 Å². The number of rotatable bonds is 8. The summed E-state index contributed by atoms with van der Waals surface area (Å²) in [7, 11) is -2.09. The Morgan fingerprint density at radius 1 is 1.02 bits per heavy atom. The van der Waals surface area contributed by atoms with Gasteiger partial charge in [0.2, 0.25) is 0 Å². The molecule has 214 valence electrons. The molecule has 4 aromatic rings. The zero-order chi connectivity index (χ0) is 28.6. The van der Waals surface area contributed by atoms with Crippen LogP contribution < -0.4 is 19.3 Å². The lowest BCUT2D eigenvalue weighted by Crippen LogP contribution is -2.48. The van der Waals surface area contributed by atoms with Crippen molar-refractivity contribution in [1.29, 1.82) is 0 Å². The first-order valence-electron chi connectivity index (χ1n) is 13.4. The number of nitrogens with zero attached hydrogens (tertiary/aromatic N) is 4. The Kier molecular flexibility index (Phi) is 7.78. The van der Waals surface area contributed by atoms with Gasteiger partial charge in [-0.25, -0.2) is 13.4 Å². The number of amides is 1. The summed E-state index contributed by atoms with van der Waals surface area (Å²) in [6.45, 7) is 5.03. The van der Waals surface area contributed by atoms with Gasteiger partial charge < -0.3 is 15.0 Å². The van der Waals surface area contributed by atoms with Crippen LogP contribution in [0.3, 0.4) is 0 Å². The topological polar surface area (TPSA) is 95.1 Å². The van der Waals surface area contributed by atoms with Gasteiger partial charge in [0.1, 0.15) is 5.52 Å². The molecule has 3 aromatic carbocycles. The number of fused-ring (bicyclic) bond motifs is 2. The lowest BCUT2D eigenvalue weighted by atomic mass is 10.2. The van der Waals surface area contributed by atoms with Crippen molar-refractivity contribution in [2.24, 2.45) is 0 Å². The second kappa shape index (κ2) is 11.5. The molecule has 1 fully saturated rings. The summed E-state index contributed by atoms with van der Waals surface area (Å²) < 4.78 is 34.4. The monoisotopic (exact) mass is 611 g/mol. The highest BCUT2D eigenvalue weighted by atomic mass is 35.5. The molecular formula is C29H30ClN5O4S2. The van der Waals surface area contributed by atoms with Crippen molar-refractivity contribution >= 4 is 59.9 Å². The normalized spacial score (nSPS) is 15.8. The van der Waals surface area contributed by atoms with Gasteiger partial charge in [-0.2, -0.15) is 0 Å². The van der Waals surface area contributed by atoms with Crippen molar-refractivity contribution in [1.82, 2.24) is 15.2 Å². The first kappa shape index (κ1) is 27.8. The van der Waals surface area contributed by atoms with E-state index in [1.807, 2.05) is 36.4 Å². The number of nitrogens with one attached hydrogen (secondary N) is 1. The Hall–Kier alpha value is -3.38. The Morgan fingerprint density at radius 2 is 1.78 bits per heavy atom. The molecule has 1 N–H and O–H groups in total. The number of anilines is 2. The van der Waals surface area contributed by atoms with Crippen LogP contribution in [-0.2, 0) is 16.4 Å². The maximum atomic E-state index is 13.2. The number of benzene rings is 3. The zero-order valence-corrected chi connectivity index (χ0v) is 24.9. The number of para-hydroxylation sites is 1. The number of halogens is 1. The molecule has 2 aliphatic heterocycles. The number of hydrogen-bond donors (Lipinski definition) is 1. The fourth-order valence-electron chi connectivity index (χ4n) is 5.32. The zero-order valence-electron chi connectivity index (χ0n) is 22.5. The minimum atomic E-state index is -3.69. The van der Waals surface area contributed by atoms with Gasteiger partial charge in [0.15, 0.2) is 10.9 Å². The summed E-state index contributed by atoms with van der Waals surface area (Å²) in [5.41, 5.74) is 2.97. The third-order valence-corrected chi connectivity index (χ3v) is 10.8. The summed E-state index contributed by atoms with van der Waals surface area (Å²) >= 11 is 7.88. The number of aromatic nitrogens is 1. The van der Waals surface area contributed by atoms with Crippen LogP contribution >= 0.6 is 22.9 Å². The quantitative estimate of drug-likeness (QED) is 0.318. The number of ether oxygens (including phenoxy) is 1. The van der Waals surface area contributed by atoms with E-state index in [0.717, 1.165) is 59.3 Å². The number of carbonyl (C=O) groups excluding carboxylic acids is 1. The number of hydrogen-bond acceptors (Lipinski definition) is 8. The third kappa shape index (κ3) is 5.46. The summed E-state index contributed by atoms with van der Waals surface area (Å²) in [5, 5.41) is 4.47. The predicted octanol–water partition coefficient (Wildman–Crippen LogP) is 4.26. The van der Waals surface area contributed by atoms with Gasteiger partial charge in [-0.1, -0.05) is 41.1 Å². The molecule has 0 radical (unpaired) electrons. The Balaban J connectivity index is 0.996. The standard InChI is InChI=1S/C29H30ClN5O4S2/c1-39-27-23(30)10-11-25-26(27)32-29(40-25)34-18-16-33(17-19-34)15-13-31-28(36)21-6-8-22(9-7-21)41(37,38)35-14-12-20-4-2-3-5-24(20)35/h2-11H,12-19H2,1H3,(H,31,36). The summed E-state index contributed by atoms with van der Waals surface area (Å²) in [5.74, 6) is 0.385. The van der Waals surface area contributed by atoms with E-state index < -0.39 is 10.0 Å². The molecule has 0 saturated carbocycles. The van der Waals surface area contributed by atoms with Crippen LogP contribution in [0.4, 0.5) is 10.8 Å². The number of thiazole rings is 1. The van der Waals surface area contributed by atoms with Crippen LogP contribution in [0.5, 0.6) is 5.75 Å². The molecule has 0 unspecified atom stereocenters. The van der Waals surface area contributed by atoms with Crippen LogP contribution in [0.25, 0.3) is 10.2 Å². The van der Waals surface area contributed by atoms with Crippen LogP contribution in [0.1, 0.15) is 15.9 Å². The Bertz CT molecular complexity index is 1690. The largest absolute Gasteiger partial charge is 0.493 e. The number of piperazine rings is 1. The van der Waals surface area contributed by atoms with Crippen molar-refractivity contribution in [2.75, 3.05) is 62.1 Å². The lowest BCUT2D eigenvalue weighted by Gasteiger charge is -2.34. The van der Waals surface area contributed by atoms with Crippen molar-refractivity contribution in [3.05, 3.63) is 76.8 Å².